The first-order chi connectivity index (χ1) is 15.1. The summed E-state index contributed by atoms with van der Waals surface area (Å²) in [5.74, 6) is -0.187. The van der Waals surface area contributed by atoms with Gasteiger partial charge in [0.05, 0.1) is 22.3 Å². The molecular formula is C23H27ClF3N3O2. The minimum atomic E-state index is -4.36. The van der Waals surface area contributed by atoms with Gasteiger partial charge in [-0.2, -0.15) is 13.2 Å². The van der Waals surface area contributed by atoms with Gasteiger partial charge < -0.3 is 15.3 Å². The van der Waals surface area contributed by atoms with Crippen LogP contribution in [0.4, 0.5) is 24.5 Å². The summed E-state index contributed by atoms with van der Waals surface area (Å²) in [5, 5.41) is 13.2. The van der Waals surface area contributed by atoms with E-state index in [0.29, 0.717) is 41.5 Å². The molecule has 32 heavy (non-hydrogen) atoms. The number of carbonyl (C=O) groups excluding carboxylic acids is 1. The number of anilines is 2. The van der Waals surface area contributed by atoms with Crippen molar-refractivity contribution in [2.45, 2.75) is 51.2 Å². The van der Waals surface area contributed by atoms with Gasteiger partial charge in [0.1, 0.15) is 6.23 Å². The van der Waals surface area contributed by atoms with E-state index in [0.717, 1.165) is 25.0 Å². The van der Waals surface area contributed by atoms with Crippen LogP contribution in [-0.2, 0) is 17.5 Å². The van der Waals surface area contributed by atoms with Gasteiger partial charge in [-0.05, 0) is 55.7 Å². The number of amides is 1. The molecule has 0 radical (unpaired) electrons. The number of hydrogen-bond acceptors (Lipinski definition) is 4. The summed E-state index contributed by atoms with van der Waals surface area (Å²) < 4.78 is 38.2. The first-order valence-electron chi connectivity index (χ1n) is 10.5. The Morgan fingerprint density at radius 1 is 1.25 bits per heavy atom. The number of benzene rings is 2. The highest BCUT2D eigenvalue weighted by Crippen LogP contribution is 2.31. The van der Waals surface area contributed by atoms with Crippen LogP contribution in [0.5, 0.6) is 0 Å². The van der Waals surface area contributed by atoms with E-state index in [-0.39, 0.29) is 5.91 Å². The molecule has 0 bridgehead atoms. The Morgan fingerprint density at radius 2 is 1.94 bits per heavy atom. The fraction of sp³-hybridized carbons (Fsp3) is 0.435. The van der Waals surface area contributed by atoms with Gasteiger partial charge in [0.25, 0.3) is 0 Å². The predicted molar refractivity (Wildman–Crippen MR) is 120 cm³/mol. The van der Waals surface area contributed by atoms with Crippen LogP contribution < -0.4 is 10.2 Å². The van der Waals surface area contributed by atoms with Gasteiger partial charge in [0, 0.05) is 25.8 Å². The Kier molecular flexibility index (Phi) is 7.69. The number of rotatable bonds is 6. The molecule has 1 saturated heterocycles. The first-order valence-corrected chi connectivity index (χ1v) is 10.9. The van der Waals surface area contributed by atoms with E-state index in [2.05, 4.69) is 5.32 Å². The van der Waals surface area contributed by atoms with Crippen LogP contribution in [0.1, 0.15) is 37.3 Å². The molecule has 5 nitrogen and oxygen atoms in total. The number of nitrogens with zero attached hydrogens (tertiary/aromatic N) is 2. The van der Waals surface area contributed by atoms with Crippen LogP contribution in [-0.4, -0.2) is 41.8 Å². The van der Waals surface area contributed by atoms with Crippen molar-refractivity contribution in [3.05, 3.63) is 58.6 Å². The van der Waals surface area contributed by atoms with Crippen LogP contribution in [0, 0.1) is 0 Å². The number of nitrogens with one attached hydrogen (secondary N) is 1. The van der Waals surface area contributed by atoms with Crippen molar-refractivity contribution in [1.29, 1.82) is 0 Å². The molecule has 0 aliphatic carbocycles. The van der Waals surface area contributed by atoms with E-state index in [9.17, 15) is 23.1 Å². The van der Waals surface area contributed by atoms with Crippen LogP contribution in [0.2, 0.25) is 5.02 Å². The van der Waals surface area contributed by atoms with Crippen LogP contribution >= 0.6 is 11.6 Å². The second-order valence-electron chi connectivity index (χ2n) is 8.09. The third-order valence-corrected chi connectivity index (χ3v) is 5.96. The first kappa shape index (κ1) is 24.4. The summed E-state index contributed by atoms with van der Waals surface area (Å²) in [5.41, 5.74) is 1.26. The number of carbonyl (C=O) groups is 1. The van der Waals surface area contributed by atoms with Crippen molar-refractivity contribution in [2.75, 3.05) is 23.8 Å². The SMILES string of the molecule is CC(O)N1CCCCC1C(=O)Nc1ccc(N(C)Cc2ccc(C(F)(F)F)cc2)c(Cl)c1. The molecule has 0 saturated carbocycles. The van der Waals surface area contributed by atoms with Gasteiger partial charge in [0.2, 0.25) is 5.91 Å². The zero-order valence-electron chi connectivity index (χ0n) is 18.0. The van der Waals surface area contributed by atoms with Crippen molar-refractivity contribution in [1.82, 2.24) is 4.90 Å². The monoisotopic (exact) mass is 469 g/mol. The van der Waals surface area contributed by atoms with Gasteiger partial charge in [-0.15, -0.1) is 0 Å². The van der Waals surface area contributed by atoms with Gasteiger partial charge in [0.15, 0.2) is 0 Å². The fourth-order valence-electron chi connectivity index (χ4n) is 3.96. The van der Waals surface area contributed by atoms with E-state index in [1.165, 1.54) is 12.1 Å². The number of piperidine rings is 1. The Morgan fingerprint density at radius 3 is 2.53 bits per heavy atom. The molecule has 0 spiro atoms. The van der Waals surface area contributed by atoms with Gasteiger partial charge >= 0.3 is 6.18 Å². The molecule has 2 unspecified atom stereocenters. The predicted octanol–water partition coefficient (Wildman–Crippen LogP) is 5.13. The molecule has 1 heterocycles. The molecule has 2 N–H and O–H groups in total. The van der Waals surface area contributed by atoms with E-state index >= 15 is 0 Å². The summed E-state index contributed by atoms with van der Waals surface area (Å²) in [6.45, 7) is 2.70. The van der Waals surface area contributed by atoms with Gasteiger partial charge in [-0.25, -0.2) is 0 Å². The minimum Gasteiger partial charge on any atom is -0.379 e. The number of aliphatic hydroxyl groups excluding tert-OH is 1. The quantitative estimate of drug-likeness (QED) is 0.616. The molecule has 2 atom stereocenters. The summed E-state index contributed by atoms with van der Waals surface area (Å²) in [4.78, 5) is 16.4. The average molecular weight is 470 g/mol. The Hall–Kier alpha value is -2.29. The van der Waals surface area contributed by atoms with Crippen molar-refractivity contribution < 1.29 is 23.1 Å². The zero-order valence-corrected chi connectivity index (χ0v) is 18.7. The Balaban J connectivity index is 1.66. The Labute approximate surface area is 190 Å². The molecular weight excluding hydrogens is 443 g/mol. The highest BCUT2D eigenvalue weighted by atomic mass is 35.5. The van der Waals surface area contributed by atoms with Crippen molar-refractivity contribution >= 4 is 28.9 Å². The number of alkyl halides is 3. The molecule has 3 rings (SSSR count). The summed E-state index contributed by atoms with van der Waals surface area (Å²) in [6.07, 6.45) is -2.51. The highest BCUT2D eigenvalue weighted by molar-refractivity contribution is 6.33. The topological polar surface area (TPSA) is 55.8 Å². The van der Waals surface area contributed by atoms with Crippen LogP contribution in [0.15, 0.2) is 42.5 Å². The number of likely N-dealkylation sites (tertiary alicyclic amines) is 1. The molecule has 2 aromatic carbocycles. The van der Waals surface area contributed by atoms with Crippen LogP contribution in [0.3, 0.4) is 0 Å². The second kappa shape index (κ2) is 10.1. The average Bonchev–Trinajstić information content (AvgIpc) is 2.73. The molecule has 1 fully saturated rings. The van der Waals surface area contributed by atoms with E-state index in [4.69, 9.17) is 11.6 Å². The maximum atomic E-state index is 12.8. The smallest absolute Gasteiger partial charge is 0.379 e. The molecule has 2 aromatic rings. The third-order valence-electron chi connectivity index (χ3n) is 5.65. The summed E-state index contributed by atoms with van der Waals surface area (Å²) in [6, 6.07) is 9.75. The number of aliphatic hydroxyl groups is 1. The molecule has 1 aliphatic heterocycles. The molecule has 1 aliphatic rings. The maximum Gasteiger partial charge on any atom is 0.416 e. The maximum absolute atomic E-state index is 12.8. The lowest BCUT2D eigenvalue weighted by molar-refractivity contribution is -0.137. The number of hydrogen-bond donors (Lipinski definition) is 2. The number of halogens is 4. The second-order valence-corrected chi connectivity index (χ2v) is 8.49. The van der Waals surface area contributed by atoms with Gasteiger partial charge in [-0.3, -0.25) is 9.69 Å². The van der Waals surface area contributed by atoms with Crippen molar-refractivity contribution in [2.24, 2.45) is 0 Å². The highest BCUT2D eigenvalue weighted by Gasteiger charge is 2.31. The molecule has 9 heteroatoms. The molecule has 0 aromatic heterocycles. The van der Waals surface area contributed by atoms with Gasteiger partial charge in [-0.1, -0.05) is 30.2 Å². The summed E-state index contributed by atoms with van der Waals surface area (Å²) >= 11 is 6.43. The van der Waals surface area contributed by atoms with E-state index in [1.807, 2.05) is 4.90 Å². The lowest BCUT2D eigenvalue weighted by Crippen LogP contribution is -2.50. The minimum absolute atomic E-state index is 0.187. The molecule has 1 amide bonds. The Bertz CT molecular complexity index is 935. The van der Waals surface area contributed by atoms with Crippen LogP contribution in [0.25, 0.3) is 0 Å². The lowest BCUT2D eigenvalue weighted by Gasteiger charge is -2.36. The standard InChI is InChI=1S/C23H27ClF3N3O2/c1-15(31)30-12-4-3-5-21(30)22(32)28-18-10-11-20(19(24)13-18)29(2)14-16-6-8-17(9-7-16)23(25,26)27/h6-11,13,15,21,31H,3-5,12,14H2,1-2H3,(H,28,32). The van der Waals surface area contributed by atoms with E-state index in [1.54, 1.807) is 37.1 Å². The fourth-order valence-corrected chi connectivity index (χ4v) is 4.29. The third kappa shape index (κ3) is 5.94. The molecule has 174 valence electrons. The van der Waals surface area contributed by atoms with E-state index < -0.39 is 24.0 Å². The lowest BCUT2D eigenvalue weighted by atomic mass is 10.0. The zero-order chi connectivity index (χ0) is 23.5. The van der Waals surface area contributed by atoms with Crippen molar-refractivity contribution in [3.8, 4) is 0 Å². The largest absolute Gasteiger partial charge is 0.416 e. The van der Waals surface area contributed by atoms with Crippen molar-refractivity contribution in [3.63, 3.8) is 0 Å². The summed E-state index contributed by atoms with van der Waals surface area (Å²) in [7, 11) is 1.79. The normalized spacial score (nSPS) is 18.3.